The maximum atomic E-state index is 4.66. The highest BCUT2D eigenvalue weighted by atomic mass is 15.3. The van der Waals surface area contributed by atoms with Gasteiger partial charge in [0.05, 0.1) is 12.2 Å². The van der Waals surface area contributed by atoms with Gasteiger partial charge in [-0.2, -0.15) is 4.98 Å². The van der Waals surface area contributed by atoms with Gasteiger partial charge in [-0.25, -0.2) is 4.98 Å². The third-order valence-corrected chi connectivity index (χ3v) is 5.23. The summed E-state index contributed by atoms with van der Waals surface area (Å²) in [5.74, 6) is 2.26. The number of hydrogen-bond donors (Lipinski definition) is 2. The maximum Gasteiger partial charge on any atom is 0.229 e. The van der Waals surface area contributed by atoms with Crippen LogP contribution in [-0.2, 0) is 0 Å². The van der Waals surface area contributed by atoms with Gasteiger partial charge in [-0.3, -0.25) is 4.57 Å². The lowest BCUT2D eigenvalue weighted by atomic mass is 10.1. The van der Waals surface area contributed by atoms with Gasteiger partial charge in [-0.1, -0.05) is 6.92 Å². The fraction of sp³-hybridized carbons (Fsp3) is 0.368. The van der Waals surface area contributed by atoms with Crippen LogP contribution in [0.1, 0.15) is 38.1 Å². The molecule has 0 aliphatic carbocycles. The van der Waals surface area contributed by atoms with Crippen LogP contribution < -0.4 is 15.5 Å². The third-order valence-electron chi connectivity index (χ3n) is 5.23. The van der Waals surface area contributed by atoms with Crippen molar-refractivity contribution in [1.29, 1.82) is 0 Å². The van der Waals surface area contributed by atoms with E-state index in [1.807, 2.05) is 4.57 Å². The molecule has 0 amide bonds. The van der Waals surface area contributed by atoms with E-state index in [2.05, 4.69) is 66.9 Å². The monoisotopic (exact) mass is 362 g/mol. The average Bonchev–Trinajstić information content (AvgIpc) is 3.40. The minimum atomic E-state index is 0.0995. The summed E-state index contributed by atoms with van der Waals surface area (Å²) in [5.41, 5.74) is 3.12. The molecule has 1 saturated heterocycles. The van der Waals surface area contributed by atoms with Gasteiger partial charge in [0.25, 0.3) is 0 Å². The van der Waals surface area contributed by atoms with Gasteiger partial charge in [0.15, 0.2) is 11.6 Å². The Morgan fingerprint density at radius 2 is 2.00 bits per heavy atom. The summed E-state index contributed by atoms with van der Waals surface area (Å²) in [7, 11) is 0. The Labute approximate surface area is 157 Å². The van der Waals surface area contributed by atoms with Gasteiger partial charge in [0.1, 0.15) is 12.0 Å². The zero-order valence-electron chi connectivity index (χ0n) is 15.3. The number of benzene rings is 1. The number of anilines is 4. The highest BCUT2D eigenvalue weighted by Gasteiger charge is 2.26. The minimum Gasteiger partial charge on any atom is -0.372 e. The van der Waals surface area contributed by atoms with E-state index < -0.39 is 0 Å². The van der Waals surface area contributed by atoms with Crippen molar-refractivity contribution < 1.29 is 0 Å². The van der Waals surface area contributed by atoms with Gasteiger partial charge in [0.2, 0.25) is 5.95 Å². The molecule has 0 spiro atoms. The number of aromatic nitrogens is 5. The Bertz CT molecular complexity index is 943. The van der Waals surface area contributed by atoms with Gasteiger partial charge in [-0.15, -0.1) is 10.2 Å². The molecule has 1 fully saturated rings. The molecule has 3 aromatic rings. The van der Waals surface area contributed by atoms with E-state index in [4.69, 9.17) is 0 Å². The fourth-order valence-electron chi connectivity index (χ4n) is 3.76. The van der Waals surface area contributed by atoms with Crippen molar-refractivity contribution in [3.8, 4) is 5.69 Å². The van der Waals surface area contributed by atoms with Crippen LogP contribution in [0.25, 0.3) is 5.69 Å². The summed E-state index contributed by atoms with van der Waals surface area (Å²) in [6.45, 7) is 4.41. The molecule has 0 bridgehead atoms. The van der Waals surface area contributed by atoms with Crippen LogP contribution in [0.3, 0.4) is 0 Å². The number of fused-ring (bicyclic) bond motifs is 3. The normalized spacial score (nSPS) is 18.0. The highest BCUT2D eigenvalue weighted by molar-refractivity contribution is 5.64. The number of nitrogens with one attached hydrogen (secondary N) is 2. The summed E-state index contributed by atoms with van der Waals surface area (Å²) >= 11 is 0. The first-order valence-electron chi connectivity index (χ1n) is 9.48. The lowest BCUT2D eigenvalue weighted by Gasteiger charge is -2.25. The summed E-state index contributed by atoms with van der Waals surface area (Å²) < 4.78 is 1.95. The first-order chi connectivity index (χ1) is 13.3. The van der Waals surface area contributed by atoms with Crippen LogP contribution in [0, 0.1) is 0 Å². The SMILES string of the molecule is CCC1Nc2nc(Nc3ccc(N4CCCC4)cc3)ncc2-n2cnnc21. The summed E-state index contributed by atoms with van der Waals surface area (Å²) in [6.07, 6.45) is 6.98. The lowest BCUT2D eigenvalue weighted by molar-refractivity contribution is 0.651. The fourth-order valence-corrected chi connectivity index (χ4v) is 3.76. The molecule has 8 nitrogen and oxygen atoms in total. The van der Waals surface area contributed by atoms with E-state index in [0.717, 1.165) is 42.5 Å². The molecule has 138 valence electrons. The van der Waals surface area contributed by atoms with E-state index in [-0.39, 0.29) is 6.04 Å². The molecular formula is C19H22N8. The Morgan fingerprint density at radius 1 is 1.19 bits per heavy atom. The number of rotatable bonds is 4. The number of hydrogen-bond acceptors (Lipinski definition) is 7. The highest BCUT2D eigenvalue weighted by Crippen LogP contribution is 2.32. The molecule has 1 atom stereocenters. The third kappa shape index (κ3) is 2.87. The Hall–Kier alpha value is -3.16. The first kappa shape index (κ1) is 16.0. The number of nitrogens with zero attached hydrogens (tertiary/aromatic N) is 6. The van der Waals surface area contributed by atoms with Crippen molar-refractivity contribution in [2.24, 2.45) is 0 Å². The van der Waals surface area contributed by atoms with Crippen molar-refractivity contribution >= 4 is 23.1 Å². The molecule has 5 rings (SSSR count). The second-order valence-corrected chi connectivity index (χ2v) is 6.96. The minimum absolute atomic E-state index is 0.0995. The molecule has 2 N–H and O–H groups in total. The van der Waals surface area contributed by atoms with E-state index in [1.165, 1.54) is 18.5 Å². The summed E-state index contributed by atoms with van der Waals surface area (Å²) in [6, 6.07) is 8.57. The summed E-state index contributed by atoms with van der Waals surface area (Å²) in [5, 5.41) is 15.0. The van der Waals surface area contributed by atoms with Crippen molar-refractivity contribution in [2.45, 2.75) is 32.2 Å². The van der Waals surface area contributed by atoms with Crippen LogP contribution in [0.5, 0.6) is 0 Å². The van der Waals surface area contributed by atoms with E-state index in [9.17, 15) is 0 Å². The van der Waals surface area contributed by atoms with E-state index in [0.29, 0.717) is 5.95 Å². The van der Waals surface area contributed by atoms with Gasteiger partial charge >= 0.3 is 0 Å². The van der Waals surface area contributed by atoms with Gasteiger partial charge < -0.3 is 15.5 Å². The Morgan fingerprint density at radius 3 is 2.78 bits per heavy atom. The molecule has 0 saturated carbocycles. The molecule has 2 aliphatic heterocycles. The average molecular weight is 362 g/mol. The van der Waals surface area contributed by atoms with Crippen LogP contribution in [0.15, 0.2) is 36.8 Å². The van der Waals surface area contributed by atoms with Gasteiger partial charge in [0, 0.05) is 24.5 Å². The van der Waals surface area contributed by atoms with Crippen LogP contribution in [0.2, 0.25) is 0 Å². The zero-order valence-corrected chi connectivity index (χ0v) is 15.3. The standard InChI is InChI=1S/C19H22N8/c1-2-15-18-25-21-12-27(18)16-11-20-19(24-17(16)23-15)22-13-5-7-14(8-6-13)26-9-3-4-10-26/h5-8,11-12,15H,2-4,9-10H2,1H3,(H2,20,22,23,24). The maximum absolute atomic E-state index is 4.66. The largest absolute Gasteiger partial charge is 0.372 e. The topological polar surface area (TPSA) is 83.8 Å². The van der Waals surface area contributed by atoms with E-state index in [1.54, 1.807) is 12.5 Å². The van der Waals surface area contributed by atoms with Crippen LogP contribution >= 0.6 is 0 Å². The van der Waals surface area contributed by atoms with Gasteiger partial charge in [-0.05, 0) is 43.5 Å². The van der Waals surface area contributed by atoms with Crippen molar-refractivity contribution in [2.75, 3.05) is 28.6 Å². The van der Waals surface area contributed by atoms with Crippen LogP contribution in [0.4, 0.5) is 23.1 Å². The molecule has 2 aliphatic rings. The molecule has 2 aromatic heterocycles. The molecule has 4 heterocycles. The second-order valence-electron chi connectivity index (χ2n) is 6.96. The molecule has 27 heavy (non-hydrogen) atoms. The molecule has 1 unspecified atom stereocenters. The van der Waals surface area contributed by atoms with Crippen LogP contribution in [-0.4, -0.2) is 37.8 Å². The predicted molar refractivity (Wildman–Crippen MR) is 105 cm³/mol. The van der Waals surface area contributed by atoms with Crippen molar-refractivity contribution in [3.63, 3.8) is 0 Å². The van der Waals surface area contributed by atoms with E-state index >= 15 is 0 Å². The predicted octanol–water partition coefficient (Wildman–Crippen LogP) is 3.28. The van der Waals surface area contributed by atoms with Crippen molar-refractivity contribution in [1.82, 2.24) is 24.7 Å². The lowest BCUT2D eigenvalue weighted by Crippen LogP contribution is -2.23. The molecule has 1 aromatic carbocycles. The second kappa shape index (κ2) is 6.53. The smallest absolute Gasteiger partial charge is 0.229 e. The quantitative estimate of drug-likeness (QED) is 0.737. The zero-order chi connectivity index (χ0) is 18.2. The summed E-state index contributed by atoms with van der Waals surface area (Å²) in [4.78, 5) is 11.6. The molecule has 8 heteroatoms. The first-order valence-corrected chi connectivity index (χ1v) is 9.48. The molecular weight excluding hydrogens is 340 g/mol. The Balaban J connectivity index is 1.38. The Kier molecular flexibility index (Phi) is 3.88. The molecule has 0 radical (unpaired) electrons. The van der Waals surface area contributed by atoms with Crippen molar-refractivity contribution in [3.05, 3.63) is 42.6 Å².